The third-order valence-corrected chi connectivity index (χ3v) is 2.35. The molecule has 15 heavy (non-hydrogen) atoms. The molecule has 0 spiro atoms. The number of hydrogen-bond acceptors (Lipinski definition) is 2. The monoisotopic (exact) mass is 210 g/mol. The third-order valence-electron chi connectivity index (χ3n) is 2.35. The van der Waals surface area contributed by atoms with Gasteiger partial charge < -0.3 is 4.74 Å². The van der Waals surface area contributed by atoms with Crippen LogP contribution in [0.5, 0.6) is 0 Å². The zero-order valence-corrected chi connectivity index (χ0v) is 9.26. The molecule has 1 aromatic carbocycles. The molecule has 0 aliphatic rings. The summed E-state index contributed by atoms with van der Waals surface area (Å²) in [6.45, 7) is 3.59. The smallest absolute Gasteiger partial charge is 0.309 e. The Bertz CT molecular complexity index is 372. The van der Waals surface area contributed by atoms with Gasteiger partial charge in [0.2, 0.25) is 0 Å². The lowest BCUT2D eigenvalue weighted by Gasteiger charge is -2.07. The van der Waals surface area contributed by atoms with Crippen LogP contribution in [0.3, 0.4) is 0 Å². The molecule has 0 fully saturated rings. The Morgan fingerprint density at radius 2 is 2.13 bits per heavy atom. The minimum absolute atomic E-state index is 0.175. The van der Waals surface area contributed by atoms with Crippen molar-refractivity contribution >= 4 is 5.97 Å². The standard InChI is InChI=1S/C12H15FO2/c1-4-10-6-9(7-11(14)15-3)5-8(2)12(10)13/h5-6H,4,7H2,1-3H3. The number of carbonyl (C=O) groups excluding carboxylic acids is 1. The van der Waals surface area contributed by atoms with Gasteiger partial charge in [-0.1, -0.05) is 19.1 Å². The molecule has 0 saturated carbocycles. The molecule has 1 rings (SSSR count). The van der Waals surface area contributed by atoms with Crippen molar-refractivity contribution in [3.05, 3.63) is 34.6 Å². The highest BCUT2D eigenvalue weighted by Gasteiger charge is 2.09. The highest BCUT2D eigenvalue weighted by Crippen LogP contribution is 2.16. The van der Waals surface area contributed by atoms with Crippen LogP contribution in [0.25, 0.3) is 0 Å². The lowest BCUT2D eigenvalue weighted by Crippen LogP contribution is -2.06. The summed E-state index contributed by atoms with van der Waals surface area (Å²) >= 11 is 0. The fourth-order valence-electron chi connectivity index (χ4n) is 1.52. The van der Waals surface area contributed by atoms with E-state index in [1.165, 1.54) is 7.11 Å². The molecule has 0 N–H and O–H groups in total. The Balaban J connectivity index is 3.00. The van der Waals surface area contributed by atoms with Crippen molar-refractivity contribution in [3.8, 4) is 0 Å². The van der Waals surface area contributed by atoms with Crippen molar-refractivity contribution in [1.29, 1.82) is 0 Å². The Labute approximate surface area is 89.1 Å². The fraction of sp³-hybridized carbons (Fsp3) is 0.417. The molecule has 0 amide bonds. The molecule has 0 heterocycles. The third kappa shape index (κ3) is 2.78. The Hall–Kier alpha value is -1.38. The molecular weight excluding hydrogens is 195 g/mol. The van der Waals surface area contributed by atoms with Gasteiger partial charge in [-0.15, -0.1) is 0 Å². The summed E-state index contributed by atoms with van der Waals surface area (Å²) in [6, 6.07) is 3.41. The van der Waals surface area contributed by atoms with Crippen molar-refractivity contribution in [3.63, 3.8) is 0 Å². The van der Waals surface area contributed by atoms with Gasteiger partial charge in [-0.25, -0.2) is 4.39 Å². The lowest BCUT2D eigenvalue weighted by atomic mass is 10.0. The van der Waals surface area contributed by atoms with Gasteiger partial charge in [0, 0.05) is 0 Å². The van der Waals surface area contributed by atoms with E-state index >= 15 is 0 Å². The van der Waals surface area contributed by atoms with Crippen LogP contribution in [0.1, 0.15) is 23.6 Å². The predicted molar refractivity (Wildman–Crippen MR) is 56.2 cm³/mol. The molecule has 1 aromatic rings. The first-order chi connectivity index (χ1) is 7.08. The van der Waals surface area contributed by atoms with Gasteiger partial charge in [0.1, 0.15) is 5.82 Å². The Kier molecular flexibility index (Phi) is 3.83. The number of benzene rings is 1. The molecule has 3 heteroatoms. The summed E-state index contributed by atoms with van der Waals surface area (Å²) in [5.41, 5.74) is 2.03. The molecule has 0 aliphatic carbocycles. The van der Waals surface area contributed by atoms with E-state index < -0.39 is 0 Å². The maximum atomic E-state index is 13.5. The predicted octanol–water partition coefficient (Wildman–Crippen LogP) is 2.41. The largest absolute Gasteiger partial charge is 0.469 e. The van der Waals surface area contributed by atoms with Gasteiger partial charge in [-0.05, 0) is 30.0 Å². The van der Waals surface area contributed by atoms with E-state index in [9.17, 15) is 9.18 Å². The number of carbonyl (C=O) groups is 1. The topological polar surface area (TPSA) is 26.3 Å². The maximum absolute atomic E-state index is 13.5. The highest BCUT2D eigenvalue weighted by molar-refractivity contribution is 5.72. The normalized spacial score (nSPS) is 10.1. The van der Waals surface area contributed by atoms with E-state index in [4.69, 9.17) is 0 Å². The van der Waals surface area contributed by atoms with Crippen LogP contribution in [-0.2, 0) is 22.4 Å². The summed E-state index contributed by atoms with van der Waals surface area (Å²) in [4.78, 5) is 11.1. The quantitative estimate of drug-likeness (QED) is 0.716. The van der Waals surface area contributed by atoms with Crippen LogP contribution in [0.4, 0.5) is 4.39 Å². The van der Waals surface area contributed by atoms with Crippen molar-refractivity contribution in [2.24, 2.45) is 0 Å². The molecule has 82 valence electrons. The van der Waals surface area contributed by atoms with E-state index in [0.717, 1.165) is 5.56 Å². The molecule has 0 radical (unpaired) electrons. The molecule has 2 nitrogen and oxygen atoms in total. The van der Waals surface area contributed by atoms with Gasteiger partial charge in [0.05, 0.1) is 13.5 Å². The van der Waals surface area contributed by atoms with Crippen LogP contribution >= 0.6 is 0 Å². The van der Waals surface area contributed by atoms with Crippen LogP contribution < -0.4 is 0 Å². The average molecular weight is 210 g/mol. The molecule has 0 aromatic heterocycles. The van der Waals surface area contributed by atoms with E-state index in [-0.39, 0.29) is 18.2 Å². The van der Waals surface area contributed by atoms with Gasteiger partial charge >= 0.3 is 5.97 Å². The SMILES string of the molecule is CCc1cc(CC(=O)OC)cc(C)c1F. The van der Waals surface area contributed by atoms with Crippen molar-refractivity contribution < 1.29 is 13.9 Å². The van der Waals surface area contributed by atoms with Crippen molar-refractivity contribution in [2.45, 2.75) is 26.7 Å². The Morgan fingerprint density at radius 3 is 2.67 bits per heavy atom. The number of hydrogen-bond donors (Lipinski definition) is 0. The zero-order chi connectivity index (χ0) is 11.4. The van der Waals surface area contributed by atoms with E-state index in [1.807, 2.05) is 6.92 Å². The fourth-order valence-corrected chi connectivity index (χ4v) is 1.52. The summed E-state index contributed by atoms with van der Waals surface area (Å²) in [7, 11) is 1.35. The first kappa shape index (κ1) is 11.7. The number of aryl methyl sites for hydroxylation is 2. The first-order valence-electron chi connectivity index (χ1n) is 4.93. The number of rotatable bonds is 3. The minimum Gasteiger partial charge on any atom is -0.469 e. The zero-order valence-electron chi connectivity index (χ0n) is 9.26. The number of esters is 1. The van der Waals surface area contributed by atoms with E-state index in [1.54, 1.807) is 19.1 Å². The van der Waals surface area contributed by atoms with Crippen LogP contribution in [-0.4, -0.2) is 13.1 Å². The van der Waals surface area contributed by atoms with Crippen molar-refractivity contribution in [1.82, 2.24) is 0 Å². The summed E-state index contributed by atoms with van der Waals surface area (Å²) in [5, 5.41) is 0. The second-order valence-electron chi connectivity index (χ2n) is 3.49. The molecule has 0 atom stereocenters. The van der Waals surface area contributed by atoms with E-state index in [0.29, 0.717) is 17.5 Å². The minimum atomic E-state index is -0.303. The summed E-state index contributed by atoms with van der Waals surface area (Å²) < 4.78 is 18.1. The van der Waals surface area contributed by atoms with Gasteiger partial charge in [-0.2, -0.15) is 0 Å². The number of ether oxygens (including phenoxy) is 1. The van der Waals surface area contributed by atoms with Gasteiger partial charge in [-0.3, -0.25) is 4.79 Å². The van der Waals surface area contributed by atoms with E-state index in [2.05, 4.69) is 4.74 Å². The average Bonchev–Trinajstić information content (AvgIpc) is 2.22. The molecule has 0 saturated heterocycles. The van der Waals surface area contributed by atoms with Crippen molar-refractivity contribution in [2.75, 3.05) is 7.11 Å². The molecular formula is C12H15FO2. The van der Waals surface area contributed by atoms with Crippen LogP contribution in [0.15, 0.2) is 12.1 Å². The molecule has 0 aliphatic heterocycles. The van der Waals surface area contributed by atoms with Crippen LogP contribution in [0, 0.1) is 12.7 Å². The summed E-state index contributed by atoms with van der Waals surface area (Å²) in [5.74, 6) is -0.478. The summed E-state index contributed by atoms with van der Waals surface area (Å²) in [6.07, 6.45) is 0.826. The Morgan fingerprint density at radius 1 is 1.47 bits per heavy atom. The number of methoxy groups -OCH3 is 1. The maximum Gasteiger partial charge on any atom is 0.309 e. The van der Waals surface area contributed by atoms with Gasteiger partial charge in [0.25, 0.3) is 0 Å². The van der Waals surface area contributed by atoms with Crippen LogP contribution in [0.2, 0.25) is 0 Å². The lowest BCUT2D eigenvalue weighted by molar-refractivity contribution is -0.139. The second kappa shape index (κ2) is 4.91. The number of halogens is 1. The van der Waals surface area contributed by atoms with Gasteiger partial charge in [0.15, 0.2) is 0 Å². The highest BCUT2D eigenvalue weighted by atomic mass is 19.1. The first-order valence-corrected chi connectivity index (χ1v) is 4.93. The molecule has 0 bridgehead atoms. The second-order valence-corrected chi connectivity index (χ2v) is 3.49. The molecule has 0 unspecified atom stereocenters.